The third-order valence-electron chi connectivity index (χ3n) is 13.4. The zero-order valence-corrected chi connectivity index (χ0v) is 37.0. The lowest BCUT2D eigenvalue weighted by Gasteiger charge is -2.20. The average molecular weight is 864 g/mol. The van der Waals surface area contributed by atoms with E-state index >= 15 is 0 Å². The van der Waals surface area contributed by atoms with Gasteiger partial charge >= 0.3 is 8.16 Å². The van der Waals surface area contributed by atoms with Crippen LogP contribution in [0.1, 0.15) is 11.1 Å². The van der Waals surface area contributed by atoms with Gasteiger partial charge in [0, 0.05) is 35.0 Å². The molecular formula is C62H42NO2P. The summed E-state index contributed by atoms with van der Waals surface area (Å²) in [5.74, 6) is 0. The van der Waals surface area contributed by atoms with Crippen molar-refractivity contribution in [2.24, 2.45) is 0 Å². The van der Waals surface area contributed by atoms with Gasteiger partial charge in [-0.15, -0.1) is 0 Å². The van der Waals surface area contributed by atoms with E-state index in [1.807, 2.05) is 0 Å². The molecule has 0 radical (unpaired) electrons. The van der Waals surface area contributed by atoms with Crippen LogP contribution >= 0.6 is 8.16 Å². The van der Waals surface area contributed by atoms with E-state index in [0.717, 1.165) is 65.7 Å². The highest BCUT2D eigenvalue weighted by Crippen LogP contribution is 2.50. The van der Waals surface area contributed by atoms with Gasteiger partial charge < -0.3 is 8.39 Å². The van der Waals surface area contributed by atoms with Crippen LogP contribution in [-0.2, 0) is 13.1 Å². The number of hydrogen-bond acceptors (Lipinski definition) is 3. The molecule has 13 rings (SSSR count). The minimum Gasteiger partial charge on any atom is -0.407 e. The van der Waals surface area contributed by atoms with Gasteiger partial charge in [0.25, 0.3) is 0 Å². The van der Waals surface area contributed by atoms with Gasteiger partial charge in [-0.1, -0.05) is 206 Å². The van der Waals surface area contributed by atoms with E-state index in [1.165, 1.54) is 54.2 Å². The van der Waals surface area contributed by atoms with Crippen LogP contribution in [0.15, 0.2) is 239 Å². The lowest BCUT2D eigenvalue weighted by Crippen LogP contribution is -2.18. The summed E-state index contributed by atoms with van der Waals surface area (Å²) in [6.07, 6.45) is 0. The molecule has 0 aliphatic rings. The van der Waals surface area contributed by atoms with Crippen molar-refractivity contribution in [3.05, 3.63) is 242 Å². The number of benzene rings is 12. The third kappa shape index (κ3) is 6.47. The SMILES string of the molecule is c1ccc(CN(Cc2ccccc2)p2oc3c(-c4cc5ccccc5c5ccccc45)cc4ccccc4c3c3c(o2)c(-c2cc4ccccc4c4ccccc24)cc2ccccc23)cc1. The van der Waals surface area contributed by atoms with Crippen molar-refractivity contribution in [3.8, 4) is 22.3 Å². The monoisotopic (exact) mass is 863 g/mol. The standard InChI is InChI=1S/C62H42NO2P/c1-3-19-41(20-4-1)39-63(40-42-21-5-2-6-22-42)66-64-61-57(55-35-43-23-7-11-27-47(43)51-31-15-17-33-53(51)55)37-45-25-9-13-29-49(45)59(61)60-50-30-14-10-26-46(50)38-58(62(60)65-66)56-36-44-24-8-12-28-48(44)52-32-16-18-34-54(52)56/h1-38H,39-40H2. The maximum atomic E-state index is 7.87. The summed E-state index contributed by atoms with van der Waals surface area (Å²) >= 11 is 0. The molecule has 0 aliphatic carbocycles. The van der Waals surface area contributed by atoms with Crippen LogP contribution in [0.25, 0.3) is 109 Å². The summed E-state index contributed by atoms with van der Waals surface area (Å²) in [5, 5.41) is 16.2. The Labute approximate surface area is 383 Å². The van der Waals surface area contributed by atoms with Crippen molar-refractivity contribution < 1.29 is 8.39 Å². The van der Waals surface area contributed by atoms with Crippen molar-refractivity contribution in [2.75, 3.05) is 4.67 Å². The van der Waals surface area contributed by atoms with Gasteiger partial charge in [0.05, 0.1) is 0 Å². The maximum absolute atomic E-state index is 7.87. The molecule has 0 unspecified atom stereocenters. The molecule has 13 aromatic rings. The van der Waals surface area contributed by atoms with Crippen molar-refractivity contribution >= 4 is 94.7 Å². The lowest BCUT2D eigenvalue weighted by molar-refractivity contribution is 0.618. The molecular weight excluding hydrogens is 822 g/mol. The molecule has 0 spiro atoms. The van der Waals surface area contributed by atoms with Gasteiger partial charge in [-0.05, 0) is 111 Å². The molecule has 66 heavy (non-hydrogen) atoms. The summed E-state index contributed by atoms with van der Waals surface area (Å²) in [6.45, 7) is 1.24. The summed E-state index contributed by atoms with van der Waals surface area (Å²) < 4.78 is 18.1. The summed E-state index contributed by atoms with van der Waals surface area (Å²) in [6, 6.07) is 83.6. The Morgan fingerprint density at radius 2 is 0.591 bits per heavy atom. The van der Waals surface area contributed by atoms with Crippen molar-refractivity contribution in [1.29, 1.82) is 0 Å². The molecule has 0 amide bonds. The fourth-order valence-electron chi connectivity index (χ4n) is 10.3. The minimum atomic E-state index is -1.83. The van der Waals surface area contributed by atoms with E-state index in [0.29, 0.717) is 13.1 Å². The first kappa shape index (κ1) is 38.5. The molecule has 12 aromatic carbocycles. The quantitative estimate of drug-likeness (QED) is 0.150. The van der Waals surface area contributed by atoms with Gasteiger partial charge in [-0.3, -0.25) is 0 Å². The summed E-state index contributed by atoms with van der Waals surface area (Å²) in [4.78, 5) is 0. The van der Waals surface area contributed by atoms with E-state index in [-0.39, 0.29) is 0 Å². The molecule has 1 aromatic heterocycles. The van der Waals surface area contributed by atoms with Gasteiger partial charge in [0.15, 0.2) is 11.2 Å². The molecule has 0 saturated heterocycles. The fraction of sp³-hybridized carbons (Fsp3) is 0.0323. The molecule has 0 aliphatic heterocycles. The van der Waals surface area contributed by atoms with E-state index in [1.54, 1.807) is 0 Å². The van der Waals surface area contributed by atoms with E-state index in [4.69, 9.17) is 8.39 Å². The maximum Gasteiger partial charge on any atom is 0.310 e. The van der Waals surface area contributed by atoms with Gasteiger partial charge in [0.1, 0.15) is 0 Å². The third-order valence-corrected chi connectivity index (χ3v) is 14.8. The Kier molecular flexibility index (Phi) is 9.30. The Morgan fingerprint density at radius 1 is 0.288 bits per heavy atom. The van der Waals surface area contributed by atoms with E-state index in [9.17, 15) is 0 Å². The second-order valence-corrected chi connectivity index (χ2v) is 18.7. The average Bonchev–Trinajstić information content (AvgIpc) is 3.57. The number of rotatable bonds is 7. The Morgan fingerprint density at radius 3 is 1.00 bits per heavy atom. The van der Waals surface area contributed by atoms with Crippen LogP contribution in [0.4, 0.5) is 0 Å². The lowest BCUT2D eigenvalue weighted by atomic mass is 9.88. The van der Waals surface area contributed by atoms with Crippen LogP contribution in [0, 0.1) is 0 Å². The highest BCUT2D eigenvalue weighted by atomic mass is 31.1. The first-order chi connectivity index (χ1) is 32.7. The first-order valence-electron chi connectivity index (χ1n) is 22.7. The van der Waals surface area contributed by atoms with Crippen molar-refractivity contribution in [1.82, 2.24) is 0 Å². The normalized spacial score (nSPS) is 11.9. The van der Waals surface area contributed by atoms with Crippen LogP contribution in [-0.4, -0.2) is 0 Å². The van der Waals surface area contributed by atoms with Gasteiger partial charge in [0.2, 0.25) is 0 Å². The molecule has 4 heteroatoms. The minimum absolute atomic E-state index is 0.621. The zero-order chi connectivity index (χ0) is 43.6. The number of nitrogens with zero attached hydrogens (tertiary/aromatic N) is 1. The van der Waals surface area contributed by atoms with Crippen molar-refractivity contribution in [3.63, 3.8) is 0 Å². The van der Waals surface area contributed by atoms with E-state index < -0.39 is 8.16 Å². The summed E-state index contributed by atoms with van der Waals surface area (Å²) in [5.41, 5.74) is 8.37. The predicted molar refractivity (Wildman–Crippen MR) is 281 cm³/mol. The fourth-order valence-corrected chi connectivity index (χ4v) is 11.9. The number of hydrogen-bond donors (Lipinski definition) is 0. The van der Waals surface area contributed by atoms with Crippen molar-refractivity contribution in [2.45, 2.75) is 13.1 Å². The van der Waals surface area contributed by atoms with Crippen LogP contribution in [0.5, 0.6) is 0 Å². The van der Waals surface area contributed by atoms with Gasteiger partial charge in [-0.25, -0.2) is 0 Å². The molecule has 0 N–H and O–H groups in total. The molecule has 0 atom stereocenters. The number of fused-ring (bicyclic) bond motifs is 13. The second kappa shape index (κ2) is 15.9. The predicted octanol–water partition coefficient (Wildman–Crippen LogP) is 17.9. The Balaban J connectivity index is 1.26. The highest BCUT2D eigenvalue weighted by molar-refractivity contribution is 7.38. The first-order valence-corrected chi connectivity index (χ1v) is 23.8. The summed E-state index contributed by atoms with van der Waals surface area (Å²) in [7, 11) is -1.83. The molecule has 0 fully saturated rings. The molecule has 0 bridgehead atoms. The molecule has 3 nitrogen and oxygen atoms in total. The van der Waals surface area contributed by atoms with Crippen LogP contribution in [0.3, 0.4) is 0 Å². The zero-order valence-electron chi connectivity index (χ0n) is 36.1. The second-order valence-electron chi connectivity index (χ2n) is 17.3. The smallest absolute Gasteiger partial charge is 0.310 e. The van der Waals surface area contributed by atoms with Gasteiger partial charge in [-0.2, -0.15) is 4.67 Å². The van der Waals surface area contributed by atoms with Crippen LogP contribution in [0.2, 0.25) is 0 Å². The molecule has 312 valence electrons. The van der Waals surface area contributed by atoms with Crippen LogP contribution < -0.4 is 4.67 Å². The Bertz CT molecular complexity index is 3800. The molecule has 1 heterocycles. The largest absolute Gasteiger partial charge is 0.407 e. The van der Waals surface area contributed by atoms with E-state index in [2.05, 4.69) is 235 Å². The topological polar surface area (TPSA) is 29.5 Å². The Hall–Kier alpha value is -7.94. The highest BCUT2D eigenvalue weighted by Gasteiger charge is 2.25. The molecule has 0 saturated carbocycles.